The zero-order chi connectivity index (χ0) is 8.85. The van der Waals surface area contributed by atoms with E-state index >= 15 is 0 Å². The zero-order valence-corrected chi connectivity index (χ0v) is 9.01. The van der Waals surface area contributed by atoms with Crippen LogP contribution in [-0.2, 0) is 0 Å². The molecule has 0 fully saturated rings. The summed E-state index contributed by atoms with van der Waals surface area (Å²) in [6, 6.07) is 4.95. The molecule has 0 bridgehead atoms. The molecule has 4 N–H and O–H groups in total. The summed E-state index contributed by atoms with van der Waals surface area (Å²) >= 11 is 16.8. The molecule has 1 rings (SSSR count). The van der Waals surface area contributed by atoms with Gasteiger partial charge in [-0.05, 0) is 18.2 Å². The quantitative estimate of drug-likeness (QED) is 0.422. The number of halogens is 4. The molecule has 70 valence electrons. The Morgan fingerprint density at radius 2 is 1.42 bits per heavy atom. The second kappa shape index (κ2) is 7.92. The summed E-state index contributed by atoms with van der Waals surface area (Å²) in [7, 11) is 0. The number of nitrogens with two attached hydrogens (primary N) is 2. The summed E-state index contributed by atoms with van der Waals surface area (Å²) < 4.78 is 0. The summed E-state index contributed by atoms with van der Waals surface area (Å²) in [6.45, 7) is 0. The van der Waals surface area contributed by atoms with Gasteiger partial charge in [-0.1, -0.05) is 34.8 Å². The third-order valence-corrected chi connectivity index (χ3v) is 1.86. The van der Waals surface area contributed by atoms with Crippen LogP contribution in [0.25, 0.3) is 0 Å². The van der Waals surface area contributed by atoms with Gasteiger partial charge in [0.1, 0.15) is 0 Å². The molecule has 1 aromatic rings. The van der Waals surface area contributed by atoms with E-state index in [9.17, 15) is 0 Å². The van der Waals surface area contributed by atoms with Crippen LogP contribution in [0, 0.1) is 0 Å². The zero-order valence-electron chi connectivity index (χ0n) is 5.93. The van der Waals surface area contributed by atoms with Crippen molar-refractivity contribution in [1.82, 2.24) is 0 Å². The van der Waals surface area contributed by atoms with Gasteiger partial charge in [0.2, 0.25) is 0 Å². The second-order valence-electron chi connectivity index (χ2n) is 1.56. The molecule has 0 aliphatic carbocycles. The van der Waals surface area contributed by atoms with Crippen LogP contribution in [0.3, 0.4) is 0 Å². The van der Waals surface area contributed by atoms with E-state index in [-0.39, 0.29) is 12.4 Å². The topological polar surface area (TPSA) is 52.0 Å². The molecule has 6 heteroatoms. The highest BCUT2D eigenvalue weighted by atomic mass is 35.5. The summed E-state index contributed by atoms with van der Waals surface area (Å²) in [4.78, 5) is 0. The number of rotatable bonds is 0. The fraction of sp³-hybridized carbons (Fsp3) is 0. The minimum absolute atomic E-state index is 0. The van der Waals surface area contributed by atoms with E-state index < -0.39 is 0 Å². The molecule has 0 saturated heterocycles. The molecule has 0 unspecified atom stereocenters. The first-order chi connectivity index (χ1) is 5.20. The fourth-order valence-corrected chi connectivity index (χ4v) is 0.997. The Bertz CT molecular complexity index is 229. The number of hydrogen-bond acceptors (Lipinski definition) is 2. The minimum Gasteiger partial charge on any atom is -0.274 e. The average molecular weight is 250 g/mol. The molecule has 12 heavy (non-hydrogen) atoms. The Balaban J connectivity index is 0. The summed E-state index contributed by atoms with van der Waals surface area (Å²) in [5.41, 5.74) is 0. The van der Waals surface area contributed by atoms with Crippen molar-refractivity contribution in [1.29, 1.82) is 0 Å². The molecule has 0 saturated carbocycles. The van der Waals surface area contributed by atoms with Crippen molar-refractivity contribution >= 4 is 47.2 Å². The van der Waals surface area contributed by atoms with Crippen LogP contribution >= 0.6 is 47.2 Å². The van der Waals surface area contributed by atoms with E-state index in [4.69, 9.17) is 34.8 Å². The first-order valence-electron chi connectivity index (χ1n) is 2.64. The Labute approximate surface area is 92.2 Å². The number of benzene rings is 1. The van der Waals surface area contributed by atoms with Crippen LogP contribution < -0.4 is 11.7 Å². The van der Waals surface area contributed by atoms with Crippen LogP contribution in [0.5, 0.6) is 0 Å². The Morgan fingerprint density at radius 1 is 0.917 bits per heavy atom. The van der Waals surface area contributed by atoms with Gasteiger partial charge in [-0.15, -0.1) is 12.4 Å². The van der Waals surface area contributed by atoms with Gasteiger partial charge < -0.3 is 0 Å². The second-order valence-corrected chi connectivity index (χ2v) is 2.81. The van der Waals surface area contributed by atoms with E-state index in [2.05, 4.69) is 11.7 Å². The van der Waals surface area contributed by atoms with Crippen LogP contribution in [0.1, 0.15) is 0 Å². The average Bonchev–Trinajstić information content (AvgIpc) is 2.02. The minimum atomic E-state index is 0. The summed E-state index contributed by atoms with van der Waals surface area (Å²) in [6.07, 6.45) is 0. The van der Waals surface area contributed by atoms with Crippen LogP contribution in [-0.4, -0.2) is 0 Å². The third-order valence-electron chi connectivity index (χ3n) is 0.882. The lowest BCUT2D eigenvalue weighted by Crippen LogP contribution is -2.02. The van der Waals surface area contributed by atoms with Gasteiger partial charge in [0.25, 0.3) is 0 Å². The van der Waals surface area contributed by atoms with E-state index in [0.717, 1.165) is 0 Å². The Hall–Kier alpha value is 0.300. The number of hydrazine groups is 1. The molecule has 0 aromatic heterocycles. The van der Waals surface area contributed by atoms with E-state index in [1.165, 1.54) is 0 Å². The molecule has 0 radical (unpaired) electrons. The first-order valence-corrected chi connectivity index (χ1v) is 3.77. The highest BCUT2D eigenvalue weighted by molar-refractivity contribution is 6.43. The highest BCUT2D eigenvalue weighted by Crippen LogP contribution is 2.24. The maximum atomic E-state index is 5.60. The molecule has 1 aromatic carbocycles. The lowest BCUT2D eigenvalue weighted by Gasteiger charge is -1.92. The standard InChI is InChI=1S/C6H3Cl3.ClH.H4N2/c7-4-1-2-5(8)6(9)3-4;;1-2/h1-3H;1H;1-2H2. The monoisotopic (exact) mass is 248 g/mol. The van der Waals surface area contributed by atoms with Gasteiger partial charge in [-0.25, -0.2) is 0 Å². The number of hydrogen-bond donors (Lipinski definition) is 2. The Morgan fingerprint density at radius 3 is 1.75 bits per heavy atom. The van der Waals surface area contributed by atoms with Crippen LogP contribution in [0.15, 0.2) is 18.2 Å². The molecule has 0 spiro atoms. The SMILES string of the molecule is Cl.Clc1ccc(Cl)c(Cl)c1.NN. The largest absolute Gasteiger partial charge is 0.274 e. The highest BCUT2D eigenvalue weighted by Gasteiger charge is 1.94. The Kier molecular flexibility index (Phi) is 9.78. The molecular weight excluding hydrogens is 242 g/mol. The molecule has 2 nitrogen and oxygen atoms in total. The normalized spacial score (nSPS) is 7.75. The van der Waals surface area contributed by atoms with E-state index in [0.29, 0.717) is 15.1 Å². The first kappa shape index (κ1) is 14.8. The van der Waals surface area contributed by atoms with Crippen molar-refractivity contribution < 1.29 is 0 Å². The van der Waals surface area contributed by atoms with E-state index in [1.54, 1.807) is 18.2 Å². The van der Waals surface area contributed by atoms with Crippen LogP contribution in [0.4, 0.5) is 0 Å². The van der Waals surface area contributed by atoms with Gasteiger partial charge in [0.05, 0.1) is 10.0 Å². The van der Waals surface area contributed by atoms with Crippen LogP contribution in [0.2, 0.25) is 15.1 Å². The smallest absolute Gasteiger partial charge is 0.0607 e. The molecular formula is C6H8Cl4N2. The van der Waals surface area contributed by atoms with Crippen molar-refractivity contribution in [2.24, 2.45) is 11.7 Å². The van der Waals surface area contributed by atoms with Gasteiger partial charge in [0.15, 0.2) is 0 Å². The maximum Gasteiger partial charge on any atom is 0.0607 e. The molecule has 0 aliphatic heterocycles. The van der Waals surface area contributed by atoms with Gasteiger partial charge >= 0.3 is 0 Å². The molecule has 0 atom stereocenters. The molecule has 0 aliphatic rings. The van der Waals surface area contributed by atoms with Crippen molar-refractivity contribution in [3.8, 4) is 0 Å². The predicted octanol–water partition coefficient (Wildman–Crippen LogP) is 2.89. The van der Waals surface area contributed by atoms with Gasteiger partial charge in [-0.2, -0.15) is 0 Å². The fourth-order valence-electron chi connectivity index (χ4n) is 0.470. The van der Waals surface area contributed by atoms with Crippen molar-refractivity contribution in [3.63, 3.8) is 0 Å². The van der Waals surface area contributed by atoms with Crippen molar-refractivity contribution in [2.45, 2.75) is 0 Å². The predicted molar refractivity (Wildman–Crippen MR) is 57.1 cm³/mol. The summed E-state index contributed by atoms with van der Waals surface area (Å²) in [5, 5.41) is 1.62. The lowest BCUT2D eigenvalue weighted by atomic mass is 10.4. The van der Waals surface area contributed by atoms with Gasteiger partial charge in [-0.3, -0.25) is 11.7 Å². The van der Waals surface area contributed by atoms with Crippen molar-refractivity contribution in [3.05, 3.63) is 33.3 Å². The summed E-state index contributed by atoms with van der Waals surface area (Å²) in [5.74, 6) is 8.00. The van der Waals surface area contributed by atoms with Crippen molar-refractivity contribution in [2.75, 3.05) is 0 Å². The lowest BCUT2D eigenvalue weighted by molar-refractivity contribution is 1.26. The molecule has 0 amide bonds. The van der Waals surface area contributed by atoms with E-state index in [1.807, 2.05) is 0 Å². The van der Waals surface area contributed by atoms with Gasteiger partial charge in [0, 0.05) is 5.02 Å². The molecule has 0 heterocycles. The maximum absolute atomic E-state index is 5.60. The third kappa shape index (κ3) is 5.04.